The molecule has 22 heavy (non-hydrogen) atoms. The Labute approximate surface area is 128 Å². The average molecular weight is 290 g/mol. The highest BCUT2D eigenvalue weighted by atomic mass is 16.5. The number of para-hydroxylation sites is 2. The SMILES string of the molecule is N=Nc1cc(Oc2ccccc2)ccc1Oc1ccccc1. The molecule has 0 aliphatic rings. The van der Waals surface area contributed by atoms with Crippen LogP contribution in [0.2, 0.25) is 0 Å². The lowest BCUT2D eigenvalue weighted by molar-refractivity contribution is 0.470. The number of nitrogens with one attached hydrogen (secondary N) is 1. The predicted octanol–water partition coefficient (Wildman–Crippen LogP) is 5.93. The van der Waals surface area contributed by atoms with Gasteiger partial charge in [-0.15, -0.1) is 0 Å². The van der Waals surface area contributed by atoms with Gasteiger partial charge >= 0.3 is 0 Å². The van der Waals surface area contributed by atoms with Crippen LogP contribution in [0.5, 0.6) is 23.0 Å². The van der Waals surface area contributed by atoms with Crippen molar-refractivity contribution in [3.8, 4) is 23.0 Å². The minimum Gasteiger partial charge on any atom is -0.457 e. The number of benzene rings is 3. The van der Waals surface area contributed by atoms with Crippen LogP contribution < -0.4 is 9.47 Å². The predicted molar refractivity (Wildman–Crippen MR) is 84.3 cm³/mol. The topological polar surface area (TPSA) is 54.7 Å². The second-order valence-corrected chi connectivity index (χ2v) is 4.57. The fraction of sp³-hybridized carbons (Fsp3) is 0. The summed E-state index contributed by atoms with van der Waals surface area (Å²) < 4.78 is 11.5. The third-order valence-electron chi connectivity index (χ3n) is 3.00. The van der Waals surface area contributed by atoms with E-state index in [9.17, 15) is 0 Å². The van der Waals surface area contributed by atoms with Crippen LogP contribution in [0.25, 0.3) is 0 Å². The molecule has 0 bridgehead atoms. The molecule has 3 aromatic rings. The lowest BCUT2D eigenvalue weighted by Gasteiger charge is -2.10. The zero-order valence-electron chi connectivity index (χ0n) is 11.8. The molecule has 3 aromatic carbocycles. The summed E-state index contributed by atoms with van der Waals surface area (Å²) in [6.45, 7) is 0. The zero-order valence-corrected chi connectivity index (χ0v) is 11.8. The Kier molecular flexibility index (Phi) is 4.11. The maximum absolute atomic E-state index is 7.32. The molecule has 0 fully saturated rings. The van der Waals surface area contributed by atoms with Crippen LogP contribution in [0.3, 0.4) is 0 Å². The van der Waals surface area contributed by atoms with Gasteiger partial charge in [0, 0.05) is 6.07 Å². The van der Waals surface area contributed by atoms with Gasteiger partial charge in [0.1, 0.15) is 22.9 Å². The maximum atomic E-state index is 7.32. The van der Waals surface area contributed by atoms with Gasteiger partial charge in [0.25, 0.3) is 0 Å². The first-order chi connectivity index (χ1) is 10.8. The molecular formula is C18H14N2O2. The van der Waals surface area contributed by atoms with Crippen LogP contribution in [0.4, 0.5) is 5.69 Å². The van der Waals surface area contributed by atoms with Crippen LogP contribution in [0.1, 0.15) is 0 Å². The molecule has 0 saturated carbocycles. The molecule has 0 aliphatic carbocycles. The Bertz CT molecular complexity index is 759. The number of rotatable bonds is 5. The highest BCUT2D eigenvalue weighted by Crippen LogP contribution is 2.36. The lowest BCUT2D eigenvalue weighted by atomic mass is 10.2. The van der Waals surface area contributed by atoms with Crippen LogP contribution in [-0.4, -0.2) is 0 Å². The largest absolute Gasteiger partial charge is 0.457 e. The molecule has 0 amide bonds. The summed E-state index contributed by atoms with van der Waals surface area (Å²) >= 11 is 0. The summed E-state index contributed by atoms with van der Waals surface area (Å²) in [6.07, 6.45) is 0. The summed E-state index contributed by atoms with van der Waals surface area (Å²) in [6, 6.07) is 24.1. The number of hydrogen-bond donors (Lipinski definition) is 1. The van der Waals surface area contributed by atoms with Gasteiger partial charge in [-0.2, -0.15) is 5.11 Å². The van der Waals surface area contributed by atoms with E-state index in [0.717, 1.165) is 5.75 Å². The highest BCUT2D eigenvalue weighted by molar-refractivity contribution is 5.56. The standard InChI is InChI=1S/C18H14N2O2/c19-20-17-13-16(21-14-7-3-1-4-8-14)11-12-18(17)22-15-9-5-2-6-10-15/h1-13,19H. The van der Waals surface area contributed by atoms with E-state index < -0.39 is 0 Å². The van der Waals surface area contributed by atoms with E-state index in [-0.39, 0.29) is 0 Å². The van der Waals surface area contributed by atoms with Crippen molar-refractivity contribution < 1.29 is 9.47 Å². The number of ether oxygens (including phenoxy) is 2. The first-order valence-corrected chi connectivity index (χ1v) is 6.82. The molecule has 0 aliphatic heterocycles. The van der Waals surface area contributed by atoms with E-state index in [2.05, 4.69) is 5.11 Å². The molecule has 4 heteroatoms. The van der Waals surface area contributed by atoms with Crippen LogP contribution in [0.15, 0.2) is 84.0 Å². The van der Waals surface area contributed by atoms with Gasteiger partial charge in [-0.3, -0.25) is 0 Å². The zero-order chi connectivity index (χ0) is 15.2. The van der Waals surface area contributed by atoms with E-state index >= 15 is 0 Å². The minimum atomic E-state index is 0.414. The highest BCUT2D eigenvalue weighted by Gasteiger charge is 2.07. The Morgan fingerprint density at radius 1 is 0.636 bits per heavy atom. The Balaban J connectivity index is 1.83. The molecular weight excluding hydrogens is 276 g/mol. The summed E-state index contributed by atoms with van der Waals surface area (Å²) in [5.74, 6) is 2.55. The summed E-state index contributed by atoms with van der Waals surface area (Å²) in [4.78, 5) is 0. The van der Waals surface area contributed by atoms with Crippen molar-refractivity contribution in [3.05, 3.63) is 78.9 Å². The summed E-state index contributed by atoms with van der Waals surface area (Å²) in [7, 11) is 0. The second-order valence-electron chi connectivity index (χ2n) is 4.57. The van der Waals surface area contributed by atoms with Gasteiger partial charge in [-0.05, 0) is 36.4 Å². The molecule has 0 heterocycles. The molecule has 1 N–H and O–H groups in total. The minimum absolute atomic E-state index is 0.414. The van der Waals surface area contributed by atoms with Crippen molar-refractivity contribution in [2.45, 2.75) is 0 Å². The molecule has 0 spiro atoms. The van der Waals surface area contributed by atoms with E-state index in [1.807, 2.05) is 60.7 Å². The van der Waals surface area contributed by atoms with Crippen molar-refractivity contribution in [2.75, 3.05) is 0 Å². The van der Waals surface area contributed by atoms with Gasteiger partial charge in [0.2, 0.25) is 0 Å². The normalized spacial score (nSPS) is 10.0. The van der Waals surface area contributed by atoms with Crippen molar-refractivity contribution in [1.82, 2.24) is 0 Å². The second kappa shape index (κ2) is 6.54. The Morgan fingerprint density at radius 2 is 1.23 bits per heavy atom. The van der Waals surface area contributed by atoms with Crippen LogP contribution in [-0.2, 0) is 0 Å². The van der Waals surface area contributed by atoms with Crippen molar-refractivity contribution in [2.24, 2.45) is 5.11 Å². The van der Waals surface area contributed by atoms with Gasteiger partial charge in [0.15, 0.2) is 5.75 Å². The molecule has 0 atom stereocenters. The quantitative estimate of drug-likeness (QED) is 0.592. The fourth-order valence-electron chi connectivity index (χ4n) is 1.97. The van der Waals surface area contributed by atoms with Gasteiger partial charge in [-0.1, -0.05) is 36.4 Å². The number of nitrogens with zero attached hydrogens (tertiary/aromatic N) is 1. The molecule has 3 rings (SSSR count). The lowest BCUT2D eigenvalue weighted by Crippen LogP contribution is -1.87. The summed E-state index contributed by atoms with van der Waals surface area (Å²) in [5, 5.41) is 3.51. The first kappa shape index (κ1) is 13.8. The van der Waals surface area contributed by atoms with Gasteiger partial charge in [0.05, 0.1) is 0 Å². The Morgan fingerprint density at radius 3 is 1.82 bits per heavy atom. The Hall–Kier alpha value is -3.14. The molecule has 108 valence electrons. The van der Waals surface area contributed by atoms with E-state index in [1.165, 1.54) is 0 Å². The van der Waals surface area contributed by atoms with Gasteiger partial charge < -0.3 is 9.47 Å². The third-order valence-corrected chi connectivity index (χ3v) is 3.00. The van der Waals surface area contributed by atoms with Crippen molar-refractivity contribution in [1.29, 1.82) is 5.53 Å². The summed E-state index contributed by atoms with van der Waals surface area (Å²) in [5.41, 5.74) is 7.73. The maximum Gasteiger partial charge on any atom is 0.155 e. The average Bonchev–Trinajstić information content (AvgIpc) is 2.58. The van der Waals surface area contributed by atoms with E-state index in [1.54, 1.807) is 18.2 Å². The monoisotopic (exact) mass is 290 g/mol. The van der Waals surface area contributed by atoms with Crippen LogP contribution >= 0.6 is 0 Å². The molecule has 4 nitrogen and oxygen atoms in total. The molecule has 0 aromatic heterocycles. The van der Waals surface area contributed by atoms with E-state index in [4.69, 9.17) is 15.0 Å². The van der Waals surface area contributed by atoms with E-state index in [0.29, 0.717) is 22.9 Å². The fourth-order valence-corrected chi connectivity index (χ4v) is 1.97. The molecule has 0 radical (unpaired) electrons. The van der Waals surface area contributed by atoms with Crippen molar-refractivity contribution >= 4 is 5.69 Å². The van der Waals surface area contributed by atoms with Gasteiger partial charge in [-0.25, -0.2) is 5.53 Å². The first-order valence-electron chi connectivity index (χ1n) is 6.82. The smallest absolute Gasteiger partial charge is 0.155 e. The molecule has 0 saturated heterocycles. The van der Waals surface area contributed by atoms with Crippen molar-refractivity contribution in [3.63, 3.8) is 0 Å². The third kappa shape index (κ3) is 3.30. The van der Waals surface area contributed by atoms with Crippen LogP contribution in [0, 0.1) is 5.53 Å². The molecule has 0 unspecified atom stereocenters. The number of hydrogen-bond acceptors (Lipinski definition) is 4.